The summed E-state index contributed by atoms with van der Waals surface area (Å²) in [4.78, 5) is 10.4. The Labute approximate surface area is 131 Å². The van der Waals surface area contributed by atoms with Crippen LogP contribution >= 0.6 is 0 Å². The average molecular weight is 300 g/mol. The third-order valence-corrected chi connectivity index (χ3v) is 4.37. The fraction of sp³-hybridized carbons (Fsp3) is 0.500. The van der Waals surface area contributed by atoms with Crippen molar-refractivity contribution in [2.24, 2.45) is 0 Å². The van der Waals surface area contributed by atoms with E-state index in [-0.39, 0.29) is 18.3 Å². The van der Waals surface area contributed by atoms with Gasteiger partial charge in [-0.25, -0.2) is 0 Å². The average Bonchev–Trinajstić information content (AvgIpc) is 2.67. The van der Waals surface area contributed by atoms with Crippen molar-refractivity contribution >= 4 is 19.0 Å². The van der Waals surface area contributed by atoms with E-state index in [1.54, 1.807) is 0 Å². The first kappa shape index (κ1) is 16.5. The number of hydrogen-bond acceptors (Lipinski definition) is 4. The second-order valence-electron chi connectivity index (χ2n) is 6.50. The summed E-state index contributed by atoms with van der Waals surface area (Å²) in [5, 5.41) is 11.4. The SMILES string of the molecule is CC1(C)OB(c2ccc(C[C@@H](C#N)NC=O)cc2)OC1(C)C. The molecule has 6 heteroatoms. The summed E-state index contributed by atoms with van der Waals surface area (Å²) < 4.78 is 12.0. The van der Waals surface area contributed by atoms with Crippen LogP contribution in [0, 0.1) is 11.3 Å². The van der Waals surface area contributed by atoms with Gasteiger partial charge in [0.25, 0.3) is 0 Å². The van der Waals surface area contributed by atoms with Crippen LogP contribution in [0.2, 0.25) is 0 Å². The number of amides is 1. The Morgan fingerprint density at radius 1 is 1.23 bits per heavy atom. The molecule has 0 radical (unpaired) electrons. The maximum Gasteiger partial charge on any atom is 0.494 e. The first-order valence-corrected chi connectivity index (χ1v) is 7.33. The van der Waals surface area contributed by atoms with Gasteiger partial charge in [-0.2, -0.15) is 5.26 Å². The van der Waals surface area contributed by atoms with Gasteiger partial charge in [-0.15, -0.1) is 0 Å². The molecule has 0 aliphatic carbocycles. The molecule has 0 bridgehead atoms. The summed E-state index contributed by atoms with van der Waals surface area (Å²) in [5.74, 6) is 0. The molecule has 1 amide bonds. The normalized spacial score (nSPS) is 20.2. The largest absolute Gasteiger partial charge is 0.494 e. The Hall–Kier alpha value is -1.84. The van der Waals surface area contributed by atoms with E-state index in [0.717, 1.165) is 11.0 Å². The van der Waals surface area contributed by atoms with Gasteiger partial charge in [0, 0.05) is 6.42 Å². The quantitative estimate of drug-likeness (QED) is 0.654. The summed E-state index contributed by atoms with van der Waals surface area (Å²) in [7, 11) is -0.390. The smallest absolute Gasteiger partial charge is 0.399 e. The van der Waals surface area contributed by atoms with Crippen LogP contribution in [0.4, 0.5) is 0 Å². The molecule has 1 aliphatic rings. The number of nitrogens with one attached hydrogen (secondary N) is 1. The minimum absolute atomic E-state index is 0.365. The molecule has 116 valence electrons. The van der Waals surface area contributed by atoms with Crippen molar-refractivity contribution in [3.05, 3.63) is 29.8 Å². The van der Waals surface area contributed by atoms with Crippen LogP contribution in [0.15, 0.2) is 24.3 Å². The maximum atomic E-state index is 10.4. The van der Waals surface area contributed by atoms with E-state index in [9.17, 15) is 4.79 Å². The van der Waals surface area contributed by atoms with Crippen molar-refractivity contribution in [3.63, 3.8) is 0 Å². The molecule has 0 aromatic heterocycles. The Kier molecular flexibility index (Phi) is 4.59. The van der Waals surface area contributed by atoms with Gasteiger partial charge in [0.15, 0.2) is 0 Å². The molecule has 1 atom stereocenters. The predicted molar refractivity (Wildman–Crippen MR) is 84.5 cm³/mol. The zero-order valence-electron chi connectivity index (χ0n) is 13.4. The lowest BCUT2D eigenvalue weighted by Gasteiger charge is -2.32. The molecule has 1 N–H and O–H groups in total. The van der Waals surface area contributed by atoms with E-state index in [4.69, 9.17) is 14.6 Å². The van der Waals surface area contributed by atoms with Gasteiger partial charge in [0.1, 0.15) is 6.04 Å². The number of benzene rings is 1. The zero-order valence-corrected chi connectivity index (χ0v) is 13.4. The number of carbonyl (C=O) groups excluding carboxylic acids is 1. The van der Waals surface area contributed by atoms with Gasteiger partial charge in [-0.3, -0.25) is 4.79 Å². The lowest BCUT2D eigenvalue weighted by atomic mass is 9.78. The van der Waals surface area contributed by atoms with Gasteiger partial charge >= 0.3 is 7.12 Å². The Morgan fingerprint density at radius 3 is 2.23 bits per heavy atom. The van der Waals surface area contributed by atoms with E-state index in [1.807, 2.05) is 52.0 Å². The number of hydrogen-bond donors (Lipinski definition) is 1. The topological polar surface area (TPSA) is 71.3 Å². The molecule has 1 saturated heterocycles. The molecule has 0 unspecified atom stereocenters. The minimum Gasteiger partial charge on any atom is -0.399 e. The number of rotatable bonds is 5. The number of nitrogens with zero attached hydrogens (tertiary/aromatic N) is 1. The summed E-state index contributed by atoms with van der Waals surface area (Å²) in [6.07, 6.45) is 1.02. The van der Waals surface area contributed by atoms with E-state index < -0.39 is 6.04 Å². The van der Waals surface area contributed by atoms with Crippen molar-refractivity contribution in [2.45, 2.75) is 51.4 Å². The summed E-state index contributed by atoms with van der Waals surface area (Å²) >= 11 is 0. The maximum absolute atomic E-state index is 10.4. The Balaban J connectivity index is 2.07. The van der Waals surface area contributed by atoms with Crippen LogP contribution in [-0.4, -0.2) is 30.8 Å². The lowest BCUT2D eigenvalue weighted by Crippen LogP contribution is -2.41. The van der Waals surface area contributed by atoms with Gasteiger partial charge in [0.2, 0.25) is 6.41 Å². The fourth-order valence-corrected chi connectivity index (χ4v) is 2.25. The van der Waals surface area contributed by atoms with Gasteiger partial charge in [0.05, 0.1) is 17.3 Å². The molecule has 22 heavy (non-hydrogen) atoms. The molecule has 5 nitrogen and oxygen atoms in total. The molecule has 1 aliphatic heterocycles. The minimum atomic E-state index is -0.514. The van der Waals surface area contributed by atoms with Crippen molar-refractivity contribution in [3.8, 4) is 6.07 Å². The number of carbonyl (C=O) groups is 1. The zero-order chi connectivity index (χ0) is 16.4. The first-order valence-electron chi connectivity index (χ1n) is 7.33. The first-order chi connectivity index (χ1) is 10.3. The predicted octanol–water partition coefficient (Wildman–Crippen LogP) is 1.17. The van der Waals surface area contributed by atoms with E-state index in [2.05, 4.69) is 11.4 Å². The van der Waals surface area contributed by atoms with Gasteiger partial charge in [-0.1, -0.05) is 24.3 Å². The molecule has 1 aromatic rings. The fourth-order valence-electron chi connectivity index (χ4n) is 2.25. The third kappa shape index (κ3) is 3.32. The van der Waals surface area contributed by atoms with Crippen molar-refractivity contribution in [1.82, 2.24) is 5.32 Å². The van der Waals surface area contributed by atoms with E-state index in [0.29, 0.717) is 12.8 Å². The van der Waals surface area contributed by atoms with Crippen LogP contribution in [0.3, 0.4) is 0 Å². The molecule has 1 aromatic carbocycles. The van der Waals surface area contributed by atoms with Gasteiger partial charge < -0.3 is 14.6 Å². The number of nitriles is 1. The molecule has 1 heterocycles. The van der Waals surface area contributed by atoms with Crippen molar-refractivity contribution in [2.75, 3.05) is 0 Å². The molecule has 1 fully saturated rings. The summed E-state index contributed by atoms with van der Waals surface area (Å²) in [5.41, 5.74) is 1.19. The molecular weight excluding hydrogens is 279 g/mol. The van der Waals surface area contributed by atoms with Gasteiger partial charge in [-0.05, 0) is 38.7 Å². The lowest BCUT2D eigenvalue weighted by molar-refractivity contribution is -0.109. The summed E-state index contributed by atoms with van der Waals surface area (Å²) in [6.45, 7) is 8.07. The molecule has 0 saturated carbocycles. The second-order valence-corrected chi connectivity index (χ2v) is 6.50. The monoisotopic (exact) mass is 300 g/mol. The standard InChI is InChI=1S/C16H21BN2O3/c1-15(2)16(3,4)22-17(21-15)13-7-5-12(6-8-13)9-14(10-18)19-11-20/h5-8,11,14H,9H2,1-4H3,(H,19,20)/t14-/m0/s1. The van der Waals surface area contributed by atoms with Crippen LogP contribution in [0.25, 0.3) is 0 Å². The Morgan fingerprint density at radius 2 is 1.77 bits per heavy atom. The molecule has 2 rings (SSSR count). The highest BCUT2D eigenvalue weighted by Crippen LogP contribution is 2.36. The van der Waals surface area contributed by atoms with Crippen molar-refractivity contribution < 1.29 is 14.1 Å². The molecular formula is C16H21BN2O3. The molecule has 0 spiro atoms. The highest BCUT2D eigenvalue weighted by Gasteiger charge is 2.51. The van der Waals surface area contributed by atoms with Crippen molar-refractivity contribution in [1.29, 1.82) is 5.26 Å². The third-order valence-electron chi connectivity index (χ3n) is 4.37. The van der Waals surface area contributed by atoms with Crippen LogP contribution in [-0.2, 0) is 20.5 Å². The second kappa shape index (κ2) is 6.11. The van der Waals surface area contributed by atoms with E-state index in [1.165, 1.54) is 0 Å². The van der Waals surface area contributed by atoms with Crippen LogP contribution in [0.1, 0.15) is 33.3 Å². The summed E-state index contributed by atoms with van der Waals surface area (Å²) in [6, 6.07) is 9.27. The van der Waals surface area contributed by atoms with Crippen LogP contribution in [0.5, 0.6) is 0 Å². The Bertz CT molecular complexity index is 562. The highest BCUT2D eigenvalue weighted by atomic mass is 16.7. The highest BCUT2D eigenvalue weighted by molar-refractivity contribution is 6.62. The van der Waals surface area contributed by atoms with E-state index >= 15 is 0 Å². The van der Waals surface area contributed by atoms with Crippen LogP contribution < -0.4 is 10.8 Å².